The zero-order valence-corrected chi connectivity index (χ0v) is 8.26. The molecule has 54 valence electrons. The number of halogens is 3. The van der Waals surface area contributed by atoms with Crippen molar-refractivity contribution in [3.63, 3.8) is 0 Å². The summed E-state index contributed by atoms with van der Waals surface area (Å²) in [7, 11) is 0. The maximum absolute atomic E-state index is 5.73. The van der Waals surface area contributed by atoms with E-state index in [0.717, 1.165) is 10.0 Å². The van der Waals surface area contributed by atoms with Crippen LogP contribution in [0.3, 0.4) is 0 Å². The van der Waals surface area contributed by atoms with Gasteiger partial charge in [-0.3, -0.25) is 0 Å². The molecule has 0 amide bonds. The van der Waals surface area contributed by atoms with Crippen molar-refractivity contribution in [2.45, 2.75) is 6.92 Å². The van der Waals surface area contributed by atoms with Crippen LogP contribution in [0, 0.1) is 6.92 Å². The summed E-state index contributed by atoms with van der Waals surface area (Å²) in [6.07, 6.45) is 1.53. The average Bonchev–Trinajstić information content (AvgIpc) is 1.93. The fraction of sp³-hybridized carbons (Fsp3) is 0.167. The van der Waals surface area contributed by atoms with Crippen molar-refractivity contribution < 1.29 is 0 Å². The van der Waals surface area contributed by atoms with Crippen LogP contribution in [0.25, 0.3) is 0 Å². The Morgan fingerprint density at radius 3 is 2.60 bits per heavy atom. The normalized spacial score (nSPS) is 10.0. The van der Waals surface area contributed by atoms with Gasteiger partial charge in [0.25, 0.3) is 0 Å². The summed E-state index contributed by atoms with van der Waals surface area (Å²) < 4.78 is 0.765. The Balaban J connectivity index is 3.34. The average molecular weight is 241 g/mol. The van der Waals surface area contributed by atoms with E-state index in [2.05, 4.69) is 20.9 Å². The molecule has 4 heteroatoms. The van der Waals surface area contributed by atoms with Crippen LogP contribution in [0.15, 0.2) is 10.7 Å². The molecule has 0 atom stereocenters. The summed E-state index contributed by atoms with van der Waals surface area (Å²) in [5.41, 5.74) is 0.918. The predicted molar refractivity (Wildman–Crippen MR) is 46.7 cm³/mol. The third-order valence-electron chi connectivity index (χ3n) is 1.16. The van der Waals surface area contributed by atoms with Crippen LogP contribution >= 0.6 is 39.1 Å². The Morgan fingerprint density at radius 2 is 2.10 bits per heavy atom. The number of hydrogen-bond acceptors (Lipinski definition) is 1. The van der Waals surface area contributed by atoms with Crippen LogP contribution in [0.5, 0.6) is 0 Å². The van der Waals surface area contributed by atoms with E-state index in [-0.39, 0.29) is 0 Å². The molecule has 1 aromatic rings. The summed E-state index contributed by atoms with van der Waals surface area (Å²) in [6.45, 7) is 1.87. The van der Waals surface area contributed by atoms with Gasteiger partial charge in [-0.25, -0.2) is 4.98 Å². The van der Waals surface area contributed by atoms with Crippen LogP contribution < -0.4 is 0 Å². The monoisotopic (exact) mass is 239 g/mol. The van der Waals surface area contributed by atoms with E-state index < -0.39 is 0 Å². The molecule has 0 spiro atoms. The fourth-order valence-electron chi connectivity index (χ4n) is 0.526. The van der Waals surface area contributed by atoms with Crippen LogP contribution in [-0.2, 0) is 0 Å². The number of aromatic nitrogens is 1. The van der Waals surface area contributed by atoms with Gasteiger partial charge < -0.3 is 0 Å². The second kappa shape index (κ2) is 3.07. The van der Waals surface area contributed by atoms with Gasteiger partial charge in [0, 0.05) is 6.20 Å². The summed E-state index contributed by atoms with van der Waals surface area (Å²) in [4.78, 5) is 3.83. The zero-order valence-electron chi connectivity index (χ0n) is 5.16. The van der Waals surface area contributed by atoms with Crippen molar-refractivity contribution in [1.82, 2.24) is 4.98 Å². The zero-order chi connectivity index (χ0) is 7.72. The van der Waals surface area contributed by atoms with Crippen molar-refractivity contribution in [3.05, 3.63) is 26.4 Å². The van der Waals surface area contributed by atoms with Crippen LogP contribution in [0.4, 0.5) is 0 Å². The van der Waals surface area contributed by atoms with E-state index in [0.29, 0.717) is 10.2 Å². The molecule has 0 aliphatic carbocycles. The van der Waals surface area contributed by atoms with Gasteiger partial charge in [-0.1, -0.05) is 23.2 Å². The molecule has 10 heavy (non-hydrogen) atoms. The van der Waals surface area contributed by atoms with Crippen molar-refractivity contribution in [2.24, 2.45) is 0 Å². The Labute approximate surface area is 77.5 Å². The first-order valence-corrected chi connectivity index (χ1v) is 4.14. The van der Waals surface area contributed by atoms with Crippen molar-refractivity contribution in [1.29, 1.82) is 0 Å². The smallest absolute Gasteiger partial charge is 0.143 e. The van der Waals surface area contributed by atoms with Crippen LogP contribution in [0.1, 0.15) is 5.56 Å². The minimum absolute atomic E-state index is 0.446. The summed E-state index contributed by atoms with van der Waals surface area (Å²) >= 11 is 14.7. The molecule has 0 saturated carbocycles. The third-order valence-corrected chi connectivity index (χ3v) is 3.03. The Morgan fingerprint density at radius 1 is 1.50 bits per heavy atom. The predicted octanol–water partition coefficient (Wildman–Crippen LogP) is 3.46. The lowest BCUT2D eigenvalue weighted by Gasteiger charge is -2.00. The Hall–Kier alpha value is 0.210. The molecule has 0 saturated heterocycles. The molecule has 0 fully saturated rings. The molecule has 0 aliphatic rings. The number of pyridine rings is 1. The highest BCUT2D eigenvalue weighted by atomic mass is 79.9. The van der Waals surface area contributed by atoms with E-state index in [1.54, 1.807) is 0 Å². The van der Waals surface area contributed by atoms with Crippen molar-refractivity contribution in [2.75, 3.05) is 0 Å². The van der Waals surface area contributed by atoms with Gasteiger partial charge in [-0.15, -0.1) is 0 Å². The molecular formula is C6H4BrCl2N. The molecule has 0 radical (unpaired) electrons. The highest BCUT2D eigenvalue weighted by molar-refractivity contribution is 9.10. The lowest BCUT2D eigenvalue weighted by atomic mass is 10.3. The van der Waals surface area contributed by atoms with Gasteiger partial charge in [0.2, 0.25) is 0 Å². The second-order valence-corrected chi connectivity index (χ2v) is 3.39. The van der Waals surface area contributed by atoms with Crippen LogP contribution in [-0.4, -0.2) is 4.98 Å². The van der Waals surface area contributed by atoms with E-state index in [4.69, 9.17) is 23.2 Å². The van der Waals surface area contributed by atoms with E-state index in [1.165, 1.54) is 6.20 Å². The molecule has 1 heterocycles. The van der Waals surface area contributed by atoms with Gasteiger partial charge in [0.1, 0.15) is 5.15 Å². The van der Waals surface area contributed by atoms with Gasteiger partial charge in [0.05, 0.1) is 9.50 Å². The first-order chi connectivity index (χ1) is 4.63. The summed E-state index contributed by atoms with van der Waals surface area (Å²) in [5, 5.41) is 1.07. The highest BCUT2D eigenvalue weighted by Gasteiger charge is 2.04. The molecule has 0 aliphatic heterocycles. The Bertz CT molecular complexity index is 235. The largest absolute Gasteiger partial charge is 0.242 e. The number of hydrogen-bond donors (Lipinski definition) is 0. The van der Waals surface area contributed by atoms with E-state index >= 15 is 0 Å². The third kappa shape index (κ3) is 1.44. The lowest BCUT2D eigenvalue weighted by Crippen LogP contribution is -1.82. The van der Waals surface area contributed by atoms with E-state index in [1.807, 2.05) is 6.92 Å². The standard InChI is InChI=1S/C6H4BrCl2N/c1-3-4(8)2-10-6(9)5(3)7/h2H,1H3. The molecule has 0 aromatic carbocycles. The minimum atomic E-state index is 0.446. The maximum atomic E-state index is 5.73. The van der Waals surface area contributed by atoms with Gasteiger partial charge in [0.15, 0.2) is 0 Å². The summed E-state index contributed by atoms with van der Waals surface area (Å²) in [6, 6.07) is 0. The second-order valence-electron chi connectivity index (χ2n) is 1.84. The number of nitrogens with zero attached hydrogens (tertiary/aromatic N) is 1. The Kier molecular flexibility index (Phi) is 2.55. The minimum Gasteiger partial charge on any atom is -0.242 e. The van der Waals surface area contributed by atoms with Crippen LogP contribution in [0.2, 0.25) is 10.2 Å². The SMILES string of the molecule is Cc1c(Cl)cnc(Cl)c1Br. The summed E-state index contributed by atoms with van der Waals surface area (Å²) in [5.74, 6) is 0. The topological polar surface area (TPSA) is 12.9 Å². The van der Waals surface area contributed by atoms with E-state index in [9.17, 15) is 0 Å². The lowest BCUT2D eigenvalue weighted by molar-refractivity contribution is 1.26. The molecule has 0 bridgehead atoms. The molecular weight excluding hydrogens is 237 g/mol. The maximum Gasteiger partial charge on any atom is 0.143 e. The molecule has 1 aromatic heterocycles. The highest BCUT2D eigenvalue weighted by Crippen LogP contribution is 2.28. The van der Waals surface area contributed by atoms with Gasteiger partial charge in [-0.2, -0.15) is 0 Å². The first-order valence-electron chi connectivity index (χ1n) is 2.59. The fourth-order valence-corrected chi connectivity index (χ4v) is 1.29. The number of rotatable bonds is 0. The van der Waals surface area contributed by atoms with Gasteiger partial charge in [-0.05, 0) is 28.4 Å². The molecule has 1 rings (SSSR count). The van der Waals surface area contributed by atoms with Crippen molar-refractivity contribution in [3.8, 4) is 0 Å². The first kappa shape index (κ1) is 8.31. The van der Waals surface area contributed by atoms with Gasteiger partial charge >= 0.3 is 0 Å². The molecule has 0 unspecified atom stereocenters. The van der Waals surface area contributed by atoms with Crippen molar-refractivity contribution >= 4 is 39.1 Å². The quantitative estimate of drug-likeness (QED) is 0.633. The molecule has 1 nitrogen and oxygen atoms in total. The molecule has 0 N–H and O–H groups in total.